The minimum absolute atomic E-state index is 0.102. The minimum atomic E-state index is -0.908. The monoisotopic (exact) mass is 565 g/mol. The summed E-state index contributed by atoms with van der Waals surface area (Å²) in [4.78, 5) is 63.6. The molecule has 2 aromatic rings. The van der Waals surface area contributed by atoms with Crippen molar-refractivity contribution in [2.75, 3.05) is 32.2 Å². The Bertz CT molecular complexity index is 1400. The van der Waals surface area contributed by atoms with E-state index in [9.17, 15) is 24.0 Å². The van der Waals surface area contributed by atoms with Crippen molar-refractivity contribution in [1.29, 1.82) is 0 Å². The van der Waals surface area contributed by atoms with E-state index in [1.165, 1.54) is 42.4 Å². The number of anilines is 1. The van der Waals surface area contributed by atoms with Crippen LogP contribution in [-0.2, 0) is 39.9 Å². The largest absolute Gasteiger partial charge is 0.465 e. The Morgan fingerprint density at radius 1 is 1.07 bits per heavy atom. The number of nitrogens with one attached hydrogen (secondary N) is 2. The third kappa shape index (κ3) is 6.90. The van der Waals surface area contributed by atoms with Crippen molar-refractivity contribution in [2.45, 2.75) is 39.3 Å². The van der Waals surface area contributed by atoms with E-state index in [2.05, 4.69) is 10.6 Å². The van der Waals surface area contributed by atoms with Crippen molar-refractivity contribution in [3.63, 3.8) is 0 Å². The first-order chi connectivity index (χ1) is 19.7. The molecule has 2 aliphatic heterocycles. The molecule has 216 valence electrons. The maximum Gasteiger partial charge on any atom is 0.340 e. The lowest BCUT2D eigenvalue weighted by Crippen LogP contribution is -2.34. The molecule has 0 saturated carbocycles. The number of esters is 2. The highest BCUT2D eigenvalue weighted by molar-refractivity contribution is 6.39. The standard InChI is InChI=1S/C29H31N3O9/c1-4-39-28(36)18-7-9-19(10-8-18)31-26(34)25(33)30-15-21-12-11-20(41-21)14-23-24(29(37)38-3)17(2)32(27(23)35)16-22-6-5-13-40-22/h7-12,14,22H,4-6,13,15-16H2,1-3H3,(H,30,33)(H,31,34)/b23-14-/t22-/m1/s1. The van der Waals surface area contributed by atoms with Crippen LogP contribution in [0.15, 0.2) is 57.7 Å². The number of hydrogen-bond donors (Lipinski definition) is 2. The molecule has 0 radical (unpaired) electrons. The zero-order chi connectivity index (χ0) is 29.5. The fraction of sp³-hybridized carbons (Fsp3) is 0.345. The smallest absolute Gasteiger partial charge is 0.340 e. The normalized spacial score (nSPS) is 17.6. The summed E-state index contributed by atoms with van der Waals surface area (Å²) in [6.07, 6.45) is 3.09. The zero-order valence-electron chi connectivity index (χ0n) is 23.0. The van der Waals surface area contributed by atoms with Crippen LogP contribution < -0.4 is 10.6 Å². The van der Waals surface area contributed by atoms with Crippen molar-refractivity contribution in [1.82, 2.24) is 10.2 Å². The highest BCUT2D eigenvalue weighted by atomic mass is 16.5. The molecule has 0 aliphatic carbocycles. The summed E-state index contributed by atoms with van der Waals surface area (Å²) >= 11 is 0. The Morgan fingerprint density at radius 2 is 1.83 bits per heavy atom. The molecule has 12 heteroatoms. The first-order valence-corrected chi connectivity index (χ1v) is 13.1. The first kappa shape index (κ1) is 29.3. The SMILES string of the molecule is CCOC(=O)c1ccc(NC(=O)C(=O)NCc2ccc(/C=C3\C(=O)N(C[C@H]4CCCO4)C(C)=C3C(=O)OC)o2)cc1. The van der Waals surface area contributed by atoms with Crippen LogP contribution in [0.5, 0.6) is 0 Å². The van der Waals surface area contributed by atoms with Gasteiger partial charge in [0.2, 0.25) is 0 Å². The van der Waals surface area contributed by atoms with Gasteiger partial charge in [-0.3, -0.25) is 14.4 Å². The van der Waals surface area contributed by atoms with E-state index in [4.69, 9.17) is 18.6 Å². The van der Waals surface area contributed by atoms with Crippen LogP contribution in [0, 0.1) is 0 Å². The Labute approximate surface area is 236 Å². The molecule has 0 bridgehead atoms. The predicted octanol–water partition coefficient (Wildman–Crippen LogP) is 2.56. The number of methoxy groups -OCH3 is 1. The van der Waals surface area contributed by atoms with E-state index in [1.54, 1.807) is 26.0 Å². The molecular weight excluding hydrogens is 534 g/mol. The maximum absolute atomic E-state index is 13.3. The Balaban J connectivity index is 1.37. The molecule has 1 aromatic heterocycles. The fourth-order valence-corrected chi connectivity index (χ4v) is 4.49. The van der Waals surface area contributed by atoms with E-state index in [-0.39, 0.29) is 42.1 Å². The van der Waals surface area contributed by atoms with Crippen LogP contribution in [0.2, 0.25) is 0 Å². The molecule has 1 fully saturated rings. The Morgan fingerprint density at radius 3 is 2.49 bits per heavy atom. The summed E-state index contributed by atoms with van der Waals surface area (Å²) in [6.45, 7) is 4.49. The number of furan rings is 1. The van der Waals surface area contributed by atoms with Gasteiger partial charge >= 0.3 is 23.8 Å². The molecule has 1 saturated heterocycles. The van der Waals surface area contributed by atoms with Gasteiger partial charge < -0.3 is 34.2 Å². The number of carbonyl (C=O) groups is 5. The van der Waals surface area contributed by atoms with E-state index in [1.807, 2.05) is 0 Å². The van der Waals surface area contributed by atoms with Gasteiger partial charge in [0.15, 0.2) is 0 Å². The van der Waals surface area contributed by atoms with Crippen molar-refractivity contribution in [3.8, 4) is 0 Å². The molecule has 3 amide bonds. The highest BCUT2D eigenvalue weighted by Crippen LogP contribution is 2.33. The van der Waals surface area contributed by atoms with Gasteiger partial charge in [0.1, 0.15) is 11.5 Å². The lowest BCUT2D eigenvalue weighted by molar-refractivity contribution is -0.136. The number of allylic oxidation sites excluding steroid dienone is 1. The molecule has 1 atom stereocenters. The van der Waals surface area contributed by atoms with Crippen LogP contribution in [0.4, 0.5) is 5.69 Å². The van der Waals surface area contributed by atoms with E-state index in [0.29, 0.717) is 35.9 Å². The van der Waals surface area contributed by atoms with Gasteiger partial charge in [-0.1, -0.05) is 0 Å². The zero-order valence-corrected chi connectivity index (χ0v) is 23.0. The minimum Gasteiger partial charge on any atom is -0.465 e. The lowest BCUT2D eigenvalue weighted by atomic mass is 10.1. The quantitative estimate of drug-likeness (QED) is 0.265. The fourth-order valence-electron chi connectivity index (χ4n) is 4.49. The molecule has 41 heavy (non-hydrogen) atoms. The van der Waals surface area contributed by atoms with Gasteiger partial charge in [0, 0.05) is 18.0 Å². The van der Waals surface area contributed by atoms with Gasteiger partial charge in [0.05, 0.1) is 49.6 Å². The molecule has 12 nitrogen and oxygen atoms in total. The molecule has 2 aliphatic rings. The Hall–Kier alpha value is -4.71. The topological polar surface area (TPSA) is 153 Å². The maximum atomic E-state index is 13.3. The summed E-state index contributed by atoms with van der Waals surface area (Å²) in [7, 11) is 1.25. The summed E-state index contributed by atoms with van der Waals surface area (Å²) < 4.78 is 21.2. The Kier molecular flexibility index (Phi) is 9.35. The van der Waals surface area contributed by atoms with E-state index < -0.39 is 23.8 Å². The number of carbonyl (C=O) groups excluding carboxylic acids is 5. The lowest BCUT2D eigenvalue weighted by Gasteiger charge is -2.21. The highest BCUT2D eigenvalue weighted by Gasteiger charge is 2.38. The molecule has 0 spiro atoms. The van der Waals surface area contributed by atoms with Crippen LogP contribution in [-0.4, -0.2) is 67.5 Å². The van der Waals surface area contributed by atoms with Crippen LogP contribution in [0.3, 0.4) is 0 Å². The van der Waals surface area contributed by atoms with Gasteiger partial charge in [-0.2, -0.15) is 0 Å². The summed E-state index contributed by atoms with van der Waals surface area (Å²) in [5.74, 6) is -2.71. The molecule has 0 unspecified atom stereocenters. The molecular formula is C29H31N3O9. The third-order valence-electron chi connectivity index (χ3n) is 6.56. The van der Waals surface area contributed by atoms with Gasteiger partial charge in [-0.15, -0.1) is 0 Å². The third-order valence-corrected chi connectivity index (χ3v) is 6.56. The number of rotatable bonds is 9. The van der Waals surface area contributed by atoms with Gasteiger partial charge in [0.25, 0.3) is 5.91 Å². The number of ether oxygens (including phenoxy) is 3. The van der Waals surface area contributed by atoms with Crippen molar-refractivity contribution in [2.24, 2.45) is 0 Å². The number of benzene rings is 1. The summed E-state index contributed by atoms with van der Waals surface area (Å²) in [5.41, 5.74) is 1.39. The second-order valence-corrected chi connectivity index (χ2v) is 9.30. The van der Waals surface area contributed by atoms with Crippen molar-refractivity contribution in [3.05, 3.63) is 70.3 Å². The molecule has 3 heterocycles. The second-order valence-electron chi connectivity index (χ2n) is 9.30. The van der Waals surface area contributed by atoms with E-state index >= 15 is 0 Å². The number of nitrogens with zero attached hydrogens (tertiary/aromatic N) is 1. The molecule has 2 N–H and O–H groups in total. The van der Waals surface area contributed by atoms with Crippen LogP contribution in [0.25, 0.3) is 6.08 Å². The summed E-state index contributed by atoms with van der Waals surface area (Å²) in [6, 6.07) is 9.08. The van der Waals surface area contributed by atoms with Gasteiger partial charge in [-0.25, -0.2) is 9.59 Å². The van der Waals surface area contributed by atoms with Crippen molar-refractivity contribution < 1.29 is 42.6 Å². The van der Waals surface area contributed by atoms with Crippen LogP contribution >= 0.6 is 0 Å². The van der Waals surface area contributed by atoms with Crippen LogP contribution in [0.1, 0.15) is 48.6 Å². The van der Waals surface area contributed by atoms with Gasteiger partial charge in [-0.05, 0) is 69.2 Å². The number of hydrogen-bond acceptors (Lipinski definition) is 9. The predicted molar refractivity (Wildman–Crippen MR) is 145 cm³/mol. The molecule has 4 rings (SSSR count). The number of amides is 3. The average Bonchev–Trinajstić information content (AvgIpc) is 3.70. The molecule has 1 aromatic carbocycles. The van der Waals surface area contributed by atoms with E-state index in [0.717, 1.165) is 12.8 Å². The second kappa shape index (κ2) is 13.1. The van der Waals surface area contributed by atoms with Crippen molar-refractivity contribution >= 4 is 41.4 Å². The summed E-state index contributed by atoms with van der Waals surface area (Å²) in [5, 5.41) is 4.91. The first-order valence-electron chi connectivity index (χ1n) is 13.1. The average molecular weight is 566 g/mol.